The van der Waals surface area contributed by atoms with Gasteiger partial charge >= 0.3 is 0 Å². The number of anilines is 1. The van der Waals surface area contributed by atoms with Crippen LogP contribution in [0.4, 0.5) is 5.69 Å². The van der Waals surface area contributed by atoms with Gasteiger partial charge in [0.2, 0.25) is 5.91 Å². The molecule has 0 bridgehead atoms. The average molecular weight is 388 g/mol. The highest BCUT2D eigenvalue weighted by atomic mass is 35.5. The van der Waals surface area contributed by atoms with Gasteiger partial charge in [0, 0.05) is 43.3 Å². The van der Waals surface area contributed by atoms with Crippen LogP contribution in [0, 0.1) is 0 Å². The zero-order valence-electron chi connectivity index (χ0n) is 13.4. The summed E-state index contributed by atoms with van der Waals surface area (Å²) in [5, 5.41) is 2.11. The molecule has 2 N–H and O–H groups in total. The van der Waals surface area contributed by atoms with Crippen LogP contribution < -0.4 is 5.73 Å². The Morgan fingerprint density at radius 3 is 2.29 bits per heavy atom. The molecule has 0 spiro atoms. The number of rotatable bonds is 4. The van der Waals surface area contributed by atoms with E-state index in [1.165, 1.54) is 4.88 Å². The van der Waals surface area contributed by atoms with E-state index < -0.39 is 0 Å². The quantitative estimate of drug-likeness (QED) is 0.820. The molecule has 1 amide bonds. The summed E-state index contributed by atoms with van der Waals surface area (Å²) in [5.41, 5.74) is 7.43. The molecular formula is C17H23Cl2N3OS. The third-order valence-corrected chi connectivity index (χ3v) is 4.88. The fraction of sp³-hybridized carbons (Fsp3) is 0.353. The maximum Gasteiger partial charge on any atom is 0.227 e. The molecule has 0 atom stereocenters. The minimum absolute atomic E-state index is 0. The maximum absolute atomic E-state index is 12.4. The number of halogens is 2. The van der Waals surface area contributed by atoms with Crippen molar-refractivity contribution in [1.29, 1.82) is 0 Å². The third kappa shape index (κ3) is 5.67. The highest BCUT2D eigenvalue weighted by molar-refractivity contribution is 7.09. The first-order valence-electron chi connectivity index (χ1n) is 7.57. The molecule has 3 rings (SSSR count). The number of carbonyl (C=O) groups is 1. The van der Waals surface area contributed by atoms with E-state index in [0.29, 0.717) is 6.42 Å². The van der Waals surface area contributed by atoms with Gasteiger partial charge in [0.15, 0.2) is 0 Å². The van der Waals surface area contributed by atoms with Gasteiger partial charge in [-0.1, -0.05) is 18.2 Å². The summed E-state index contributed by atoms with van der Waals surface area (Å²) >= 11 is 1.79. The molecule has 1 saturated heterocycles. The lowest BCUT2D eigenvalue weighted by Gasteiger charge is -2.34. The van der Waals surface area contributed by atoms with Crippen LogP contribution in [-0.4, -0.2) is 41.9 Å². The molecule has 0 radical (unpaired) electrons. The molecule has 0 unspecified atom stereocenters. The van der Waals surface area contributed by atoms with E-state index in [9.17, 15) is 4.79 Å². The molecule has 2 aromatic rings. The molecule has 0 aliphatic carbocycles. The van der Waals surface area contributed by atoms with Crippen molar-refractivity contribution < 1.29 is 4.79 Å². The van der Waals surface area contributed by atoms with Crippen molar-refractivity contribution in [2.24, 2.45) is 0 Å². The van der Waals surface area contributed by atoms with Crippen molar-refractivity contribution in [3.8, 4) is 0 Å². The molecule has 1 fully saturated rings. The van der Waals surface area contributed by atoms with Gasteiger partial charge in [0.25, 0.3) is 0 Å². The zero-order chi connectivity index (χ0) is 15.4. The first-order chi connectivity index (χ1) is 10.7. The summed E-state index contributed by atoms with van der Waals surface area (Å²) in [7, 11) is 0. The van der Waals surface area contributed by atoms with Gasteiger partial charge in [0.05, 0.1) is 6.42 Å². The number of benzene rings is 1. The second-order valence-corrected chi connectivity index (χ2v) is 6.69. The molecule has 24 heavy (non-hydrogen) atoms. The van der Waals surface area contributed by atoms with Crippen molar-refractivity contribution >= 4 is 47.7 Å². The Hall–Kier alpha value is -1.27. The Morgan fingerprint density at radius 2 is 1.71 bits per heavy atom. The maximum atomic E-state index is 12.4. The molecular weight excluding hydrogens is 365 g/mol. The Balaban J connectivity index is 0.00000144. The Kier molecular flexibility index (Phi) is 8.56. The van der Waals surface area contributed by atoms with Gasteiger partial charge in [-0.3, -0.25) is 9.69 Å². The molecule has 132 valence electrons. The van der Waals surface area contributed by atoms with Crippen LogP contribution in [0.25, 0.3) is 0 Å². The summed E-state index contributed by atoms with van der Waals surface area (Å²) in [6.07, 6.45) is 0.463. The topological polar surface area (TPSA) is 49.6 Å². The number of hydrogen-bond acceptors (Lipinski definition) is 4. The summed E-state index contributed by atoms with van der Waals surface area (Å²) < 4.78 is 0. The Morgan fingerprint density at radius 1 is 1.04 bits per heavy atom. The van der Waals surface area contributed by atoms with Gasteiger partial charge in [0.1, 0.15) is 0 Å². The zero-order valence-corrected chi connectivity index (χ0v) is 15.8. The van der Waals surface area contributed by atoms with Crippen LogP contribution in [-0.2, 0) is 17.8 Å². The van der Waals surface area contributed by atoms with E-state index in [1.54, 1.807) is 11.3 Å². The van der Waals surface area contributed by atoms with Crippen molar-refractivity contribution in [2.75, 3.05) is 31.9 Å². The Labute approximate surface area is 159 Å². The number of nitrogens with two attached hydrogens (primary N) is 1. The first-order valence-corrected chi connectivity index (χ1v) is 8.45. The van der Waals surface area contributed by atoms with Gasteiger partial charge in [-0.2, -0.15) is 0 Å². The van der Waals surface area contributed by atoms with Crippen LogP contribution in [0.2, 0.25) is 0 Å². The number of carbonyl (C=O) groups excluding carboxylic acids is 1. The molecule has 2 heterocycles. The van der Waals surface area contributed by atoms with Crippen molar-refractivity contribution in [2.45, 2.75) is 13.0 Å². The fourth-order valence-electron chi connectivity index (χ4n) is 2.70. The van der Waals surface area contributed by atoms with Crippen LogP contribution in [0.1, 0.15) is 10.4 Å². The van der Waals surface area contributed by atoms with E-state index >= 15 is 0 Å². The molecule has 1 aliphatic heterocycles. The summed E-state index contributed by atoms with van der Waals surface area (Å²) in [5.74, 6) is 0.209. The van der Waals surface area contributed by atoms with Crippen molar-refractivity contribution in [1.82, 2.24) is 9.80 Å². The minimum atomic E-state index is 0. The molecule has 1 aromatic carbocycles. The number of amides is 1. The number of nitrogen functional groups attached to an aromatic ring is 1. The second kappa shape index (κ2) is 9.89. The summed E-state index contributed by atoms with van der Waals surface area (Å²) in [4.78, 5) is 18.1. The minimum Gasteiger partial charge on any atom is -0.399 e. The van der Waals surface area contributed by atoms with Gasteiger partial charge in [-0.15, -0.1) is 36.2 Å². The number of hydrogen-bond donors (Lipinski definition) is 1. The standard InChI is InChI=1S/C17H21N3OS.2ClH/c18-15-5-3-14(4-6-15)12-17(21)20-9-7-19(8-10-20)13-16-2-1-11-22-16;;/h1-6,11H,7-10,12-13,18H2;2*1H. The van der Waals surface area contributed by atoms with E-state index in [4.69, 9.17) is 5.73 Å². The number of nitrogens with zero attached hydrogens (tertiary/aromatic N) is 2. The largest absolute Gasteiger partial charge is 0.399 e. The highest BCUT2D eigenvalue weighted by Gasteiger charge is 2.21. The molecule has 0 saturated carbocycles. The molecule has 7 heteroatoms. The highest BCUT2D eigenvalue weighted by Crippen LogP contribution is 2.14. The van der Waals surface area contributed by atoms with Crippen molar-refractivity contribution in [3.05, 3.63) is 52.2 Å². The van der Waals surface area contributed by atoms with E-state index in [0.717, 1.165) is 44.0 Å². The fourth-order valence-corrected chi connectivity index (χ4v) is 3.45. The van der Waals surface area contributed by atoms with Gasteiger partial charge < -0.3 is 10.6 Å². The Bertz CT molecular complexity index is 611. The first kappa shape index (κ1) is 20.8. The van der Waals surface area contributed by atoms with E-state index in [1.807, 2.05) is 29.2 Å². The van der Waals surface area contributed by atoms with Crippen LogP contribution in [0.15, 0.2) is 41.8 Å². The third-order valence-electron chi connectivity index (χ3n) is 4.02. The van der Waals surface area contributed by atoms with E-state index in [-0.39, 0.29) is 30.7 Å². The summed E-state index contributed by atoms with van der Waals surface area (Å²) in [6, 6.07) is 11.8. The van der Waals surface area contributed by atoms with Gasteiger partial charge in [-0.05, 0) is 29.1 Å². The van der Waals surface area contributed by atoms with Crippen molar-refractivity contribution in [3.63, 3.8) is 0 Å². The monoisotopic (exact) mass is 387 g/mol. The molecule has 1 aliphatic rings. The normalized spacial score (nSPS) is 14.6. The number of piperazine rings is 1. The lowest BCUT2D eigenvalue weighted by atomic mass is 10.1. The lowest BCUT2D eigenvalue weighted by molar-refractivity contribution is -0.132. The van der Waals surface area contributed by atoms with E-state index in [2.05, 4.69) is 22.4 Å². The van der Waals surface area contributed by atoms with Crippen LogP contribution in [0.5, 0.6) is 0 Å². The number of thiophene rings is 1. The lowest BCUT2D eigenvalue weighted by Crippen LogP contribution is -2.48. The predicted octanol–water partition coefficient (Wildman–Crippen LogP) is 3.06. The molecule has 4 nitrogen and oxygen atoms in total. The predicted molar refractivity (Wildman–Crippen MR) is 105 cm³/mol. The average Bonchev–Trinajstić information content (AvgIpc) is 3.03. The summed E-state index contributed by atoms with van der Waals surface area (Å²) in [6.45, 7) is 4.53. The second-order valence-electron chi connectivity index (χ2n) is 5.65. The van der Waals surface area contributed by atoms with Crippen LogP contribution >= 0.6 is 36.2 Å². The molecule has 1 aromatic heterocycles. The van der Waals surface area contributed by atoms with Gasteiger partial charge in [-0.25, -0.2) is 0 Å². The smallest absolute Gasteiger partial charge is 0.227 e. The SMILES string of the molecule is Cl.Cl.Nc1ccc(CC(=O)N2CCN(Cc3cccs3)CC2)cc1. The van der Waals surface area contributed by atoms with Crippen LogP contribution in [0.3, 0.4) is 0 Å².